The van der Waals surface area contributed by atoms with Gasteiger partial charge in [-0.05, 0) is 61.7 Å². The molecule has 0 aromatic heterocycles. The summed E-state index contributed by atoms with van der Waals surface area (Å²) in [5.41, 5.74) is 0.350. The summed E-state index contributed by atoms with van der Waals surface area (Å²) in [6, 6.07) is 8.76. The molecule has 2 aromatic carbocycles. The van der Waals surface area contributed by atoms with Gasteiger partial charge in [-0.25, -0.2) is 13.2 Å². The number of piperidine rings is 1. The highest BCUT2D eigenvalue weighted by Crippen LogP contribution is 2.20. The molecule has 1 aliphatic rings. The predicted octanol–water partition coefficient (Wildman–Crippen LogP) is 5.13. The lowest BCUT2D eigenvalue weighted by atomic mass is 9.99. The van der Waals surface area contributed by atoms with E-state index in [1.54, 1.807) is 24.3 Å². The van der Waals surface area contributed by atoms with Gasteiger partial charge < -0.3 is 9.80 Å². The van der Waals surface area contributed by atoms with Gasteiger partial charge in [0.25, 0.3) is 5.91 Å². The van der Waals surface area contributed by atoms with Crippen molar-refractivity contribution in [1.82, 2.24) is 9.80 Å². The molecule has 29 heavy (non-hydrogen) atoms. The highest BCUT2D eigenvalue weighted by Gasteiger charge is 2.25. The Kier molecular flexibility index (Phi) is 7.19. The van der Waals surface area contributed by atoms with Gasteiger partial charge in [-0.15, -0.1) is 0 Å². The molecule has 1 heterocycles. The van der Waals surface area contributed by atoms with Crippen LogP contribution in [0.1, 0.15) is 35.7 Å². The number of benzene rings is 2. The Hall–Kier alpha value is -2.05. The van der Waals surface area contributed by atoms with Crippen LogP contribution in [-0.2, 0) is 6.54 Å². The van der Waals surface area contributed by atoms with Crippen LogP contribution in [0.25, 0.3) is 0 Å². The Morgan fingerprint density at radius 1 is 1.07 bits per heavy atom. The van der Waals surface area contributed by atoms with Crippen LogP contribution in [0.4, 0.5) is 13.2 Å². The van der Waals surface area contributed by atoms with E-state index in [0.717, 1.165) is 43.6 Å². The van der Waals surface area contributed by atoms with E-state index in [0.29, 0.717) is 24.0 Å². The van der Waals surface area contributed by atoms with Crippen molar-refractivity contribution in [3.63, 3.8) is 0 Å². The molecule has 1 saturated heterocycles. The molecule has 1 aliphatic heterocycles. The standard InChI is InChI=1S/C22H24ClF3N2O/c1-15-8-10-27(11-9-15)12-13-28(14-16-2-4-17(23)5-3-16)22(29)18-6-7-19(24)21(26)20(18)25/h2-7,15H,8-14H2,1H3. The van der Waals surface area contributed by atoms with E-state index >= 15 is 0 Å². The number of carbonyl (C=O) groups excluding carboxylic acids is 1. The van der Waals surface area contributed by atoms with Gasteiger partial charge in [-0.1, -0.05) is 30.7 Å². The van der Waals surface area contributed by atoms with Crippen molar-refractivity contribution in [3.05, 3.63) is 70.0 Å². The lowest BCUT2D eigenvalue weighted by Crippen LogP contribution is -2.41. The van der Waals surface area contributed by atoms with Crippen LogP contribution in [-0.4, -0.2) is 41.9 Å². The lowest BCUT2D eigenvalue weighted by Gasteiger charge is -2.32. The van der Waals surface area contributed by atoms with Crippen LogP contribution in [0.15, 0.2) is 36.4 Å². The van der Waals surface area contributed by atoms with Crippen LogP contribution in [0.2, 0.25) is 5.02 Å². The summed E-state index contributed by atoms with van der Waals surface area (Å²) >= 11 is 5.92. The third-order valence-corrected chi connectivity index (χ3v) is 5.65. The summed E-state index contributed by atoms with van der Waals surface area (Å²) < 4.78 is 41.1. The number of halogens is 4. The maximum Gasteiger partial charge on any atom is 0.257 e. The van der Waals surface area contributed by atoms with Crippen LogP contribution in [0, 0.1) is 23.4 Å². The molecule has 1 fully saturated rings. The third-order valence-electron chi connectivity index (χ3n) is 5.40. The zero-order valence-electron chi connectivity index (χ0n) is 16.3. The fraction of sp³-hybridized carbons (Fsp3) is 0.409. The van der Waals surface area contributed by atoms with E-state index in [-0.39, 0.29) is 6.54 Å². The Labute approximate surface area is 174 Å². The van der Waals surface area contributed by atoms with Crippen molar-refractivity contribution in [2.45, 2.75) is 26.3 Å². The molecule has 0 saturated carbocycles. The molecule has 3 nitrogen and oxygen atoms in total. The van der Waals surface area contributed by atoms with Crippen molar-refractivity contribution >= 4 is 17.5 Å². The van der Waals surface area contributed by atoms with E-state index in [1.165, 1.54) is 4.90 Å². The van der Waals surface area contributed by atoms with Crippen LogP contribution < -0.4 is 0 Å². The minimum Gasteiger partial charge on any atom is -0.333 e. The van der Waals surface area contributed by atoms with E-state index in [4.69, 9.17) is 11.6 Å². The van der Waals surface area contributed by atoms with Gasteiger partial charge in [0.05, 0.1) is 5.56 Å². The zero-order valence-corrected chi connectivity index (χ0v) is 17.1. The maximum atomic E-state index is 14.2. The number of rotatable bonds is 6. The van der Waals surface area contributed by atoms with Crippen molar-refractivity contribution in [2.75, 3.05) is 26.2 Å². The number of amides is 1. The summed E-state index contributed by atoms with van der Waals surface area (Å²) in [4.78, 5) is 16.7. The molecule has 3 rings (SSSR count). The van der Waals surface area contributed by atoms with Crippen molar-refractivity contribution < 1.29 is 18.0 Å². The molecule has 1 amide bonds. The molecular formula is C22H24ClF3N2O. The smallest absolute Gasteiger partial charge is 0.257 e. The second kappa shape index (κ2) is 9.63. The molecule has 0 N–H and O–H groups in total. The van der Waals surface area contributed by atoms with Crippen molar-refractivity contribution in [1.29, 1.82) is 0 Å². The van der Waals surface area contributed by atoms with Gasteiger partial charge in [0, 0.05) is 24.7 Å². The molecule has 156 valence electrons. The minimum atomic E-state index is -1.63. The molecule has 0 radical (unpaired) electrons. The zero-order chi connectivity index (χ0) is 21.0. The Bertz CT molecular complexity index is 852. The van der Waals surface area contributed by atoms with E-state index in [1.807, 2.05) is 0 Å². The summed E-state index contributed by atoms with van der Waals surface area (Å²) in [7, 11) is 0. The molecule has 0 spiro atoms. The Balaban J connectivity index is 1.78. The number of likely N-dealkylation sites (tertiary alicyclic amines) is 1. The quantitative estimate of drug-likeness (QED) is 0.600. The molecule has 0 unspecified atom stereocenters. The topological polar surface area (TPSA) is 23.6 Å². The van der Waals surface area contributed by atoms with E-state index < -0.39 is 28.9 Å². The van der Waals surface area contributed by atoms with Crippen LogP contribution >= 0.6 is 11.6 Å². The average molecular weight is 425 g/mol. The lowest BCUT2D eigenvalue weighted by molar-refractivity contribution is 0.0703. The molecule has 0 atom stereocenters. The molecule has 0 bridgehead atoms. The Morgan fingerprint density at radius 3 is 2.38 bits per heavy atom. The van der Waals surface area contributed by atoms with Gasteiger partial charge in [-0.3, -0.25) is 4.79 Å². The largest absolute Gasteiger partial charge is 0.333 e. The van der Waals surface area contributed by atoms with Gasteiger partial charge in [0.15, 0.2) is 17.5 Å². The third kappa shape index (κ3) is 5.52. The summed E-state index contributed by atoms with van der Waals surface area (Å²) in [6.45, 7) is 5.33. The summed E-state index contributed by atoms with van der Waals surface area (Å²) in [5.74, 6) is -4.38. The Morgan fingerprint density at radius 2 is 1.72 bits per heavy atom. The number of carbonyl (C=O) groups is 1. The van der Waals surface area contributed by atoms with E-state index in [2.05, 4.69) is 11.8 Å². The normalized spacial score (nSPS) is 15.5. The first-order chi connectivity index (χ1) is 13.8. The number of hydrogen-bond donors (Lipinski definition) is 0. The fourth-order valence-electron chi connectivity index (χ4n) is 3.47. The molecule has 0 aliphatic carbocycles. The number of nitrogens with zero attached hydrogens (tertiary/aromatic N) is 2. The SMILES string of the molecule is CC1CCN(CCN(Cc2ccc(Cl)cc2)C(=O)c2ccc(F)c(F)c2F)CC1. The summed E-state index contributed by atoms with van der Waals surface area (Å²) in [5, 5.41) is 0.570. The first kappa shape index (κ1) is 21.7. The van der Waals surface area contributed by atoms with Gasteiger partial charge in [0.1, 0.15) is 0 Å². The second-order valence-corrected chi connectivity index (χ2v) is 8.04. The maximum absolute atomic E-state index is 14.2. The summed E-state index contributed by atoms with van der Waals surface area (Å²) in [6.07, 6.45) is 2.20. The van der Waals surface area contributed by atoms with Crippen molar-refractivity contribution in [3.8, 4) is 0 Å². The van der Waals surface area contributed by atoms with Gasteiger partial charge in [0.2, 0.25) is 0 Å². The molecule has 2 aromatic rings. The molecule has 7 heteroatoms. The average Bonchev–Trinajstić information content (AvgIpc) is 2.71. The van der Waals surface area contributed by atoms with Gasteiger partial charge in [-0.2, -0.15) is 0 Å². The van der Waals surface area contributed by atoms with Crippen molar-refractivity contribution in [2.24, 2.45) is 5.92 Å². The number of hydrogen-bond acceptors (Lipinski definition) is 2. The first-order valence-electron chi connectivity index (χ1n) is 9.74. The predicted molar refractivity (Wildman–Crippen MR) is 107 cm³/mol. The highest BCUT2D eigenvalue weighted by atomic mass is 35.5. The van der Waals surface area contributed by atoms with Crippen LogP contribution in [0.3, 0.4) is 0 Å². The highest BCUT2D eigenvalue weighted by molar-refractivity contribution is 6.30. The minimum absolute atomic E-state index is 0.221. The first-order valence-corrected chi connectivity index (χ1v) is 10.1. The monoisotopic (exact) mass is 424 g/mol. The molecular weight excluding hydrogens is 401 g/mol. The van der Waals surface area contributed by atoms with E-state index in [9.17, 15) is 18.0 Å². The van der Waals surface area contributed by atoms with Crippen LogP contribution in [0.5, 0.6) is 0 Å². The van der Waals surface area contributed by atoms with Gasteiger partial charge >= 0.3 is 0 Å². The fourth-order valence-corrected chi connectivity index (χ4v) is 3.60. The second-order valence-electron chi connectivity index (χ2n) is 7.60.